The van der Waals surface area contributed by atoms with Crippen molar-refractivity contribution >= 4 is 29.4 Å². The third-order valence-electron chi connectivity index (χ3n) is 6.55. The molecule has 0 spiro atoms. The van der Waals surface area contributed by atoms with E-state index in [0.29, 0.717) is 23.8 Å². The zero-order valence-corrected chi connectivity index (χ0v) is 21.3. The van der Waals surface area contributed by atoms with Crippen LogP contribution in [0.2, 0.25) is 5.02 Å². The zero-order chi connectivity index (χ0) is 26.2. The molecule has 1 saturated heterocycles. The van der Waals surface area contributed by atoms with Gasteiger partial charge >= 0.3 is 6.16 Å². The number of anilines is 1. The van der Waals surface area contributed by atoms with Crippen LogP contribution in [0.25, 0.3) is 11.1 Å². The molecule has 1 aliphatic rings. The van der Waals surface area contributed by atoms with E-state index < -0.39 is 6.16 Å². The van der Waals surface area contributed by atoms with Gasteiger partial charge in [0.05, 0.1) is 6.04 Å². The van der Waals surface area contributed by atoms with Crippen LogP contribution < -0.4 is 5.32 Å². The number of piperidine rings is 1. The highest BCUT2D eigenvalue weighted by molar-refractivity contribution is 6.30. The molecule has 3 aromatic carbocycles. The van der Waals surface area contributed by atoms with Crippen molar-refractivity contribution in [2.24, 2.45) is 0 Å². The summed E-state index contributed by atoms with van der Waals surface area (Å²) in [7, 11) is 2.04. The minimum Gasteiger partial charge on any atom is -0.448 e. The number of benzene rings is 3. The summed E-state index contributed by atoms with van der Waals surface area (Å²) in [5.41, 5.74) is 3.88. The number of halogens is 1. The number of hydroxylamine groups is 2. The van der Waals surface area contributed by atoms with Crippen molar-refractivity contribution < 1.29 is 19.5 Å². The fourth-order valence-electron chi connectivity index (χ4n) is 4.56. The first-order valence-corrected chi connectivity index (χ1v) is 12.5. The van der Waals surface area contributed by atoms with E-state index in [0.717, 1.165) is 29.5 Å². The smallest absolute Gasteiger partial charge is 0.448 e. The van der Waals surface area contributed by atoms with Crippen LogP contribution in [-0.4, -0.2) is 53.3 Å². The molecule has 0 aliphatic carbocycles. The van der Waals surface area contributed by atoms with Gasteiger partial charge < -0.3 is 15.3 Å². The van der Waals surface area contributed by atoms with Crippen molar-refractivity contribution in [1.82, 2.24) is 9.96 Å². The normalized spacial score (nSPS) is 15.5. The van der Waals surface area contributed by atoms with Crippen molar-refractivity contribution in [2.45, 2.75) is 24.9 Å². The SMILES string of the molecule is CN(C1CCN(OC(=O)O)CC1)C(/C=C/C(=O)Nc1ccc(-c2ccc(Cl)cc2)cc1)c1ccccc1. The van der Waals surface area contributed by atoms with Gasteiger partial charge in [0.1, 0.15) is 0 Å². The molecule has 1 amide bonds. The highest BCUT2D eigenvalue weighted by Crippen LogP contribution is 2.28. The molecule has 0 aromatic heterocycles. The number of likely N-dealkylation sites (N-methyl/N-ethyl adjacent to an activating group) is 1. The summed E-state index contributed by atoms with van der Waals surface area (Å²) in [5, 5.41) is 14.0. The monoisotopic (exact) mass is 519 g/mol. The summed E-state index contributed by atoms with van der Waals surface area (Å²) >= 11 is 5.98. The van der Waals surface area contributed by atoms with Crippen LogP contribution in [0.4, 0.5) is 10.5 Å². The molecule has 1 fully saturated rings. The van der Waals surface area contributed by atoms with E-state index in [1.807, 2.05) is 92.0 Å². The molecule has 1 atom stereocenters. The average molecular weight is 520 g/mol. The van der Waals surface area contributed by atoms with Crippen molar-refractivity contribution in [3.8, 4) is 11.1 Å². The Kier molecular flexibility index (Phi) is 8.95. The number of rotatable bonds is 8. The Labute approximate surface area is 221 Å². The molecular weight excluding hydrogens is 490 g/mol. The lowest BCUT2D eigenvalue weighted by Crippen LogP contribution is -2.44. The van der Waals surface area contributed by atoms with Crippen LogP contribution in [0.3, 0.4) is 0 Å². The van der Waals surface area contributed by atoms with E-state index in [1.54, 1.807) is 6.08 Å². The van der Waals surface area contributed by atoms with Crippen LogP contribution in [-0.2, 0) is 9.63 Å². The van der Waals surface area contributed by atoms with Gasteiger partial charge in [0.2, 0.25) is 5.91 Å². The number of amides is 1. The lowest BCUT2D eigenvalue weighted by molar-refractivity contribution is -0.138. The van der Waals surface area contributed by atoms with E-state index in [4.69, 9.17) is 21.5 Å². The third kappa shape index (κ3) is 7.43. The summed E-state index contributed by atoms with van der Waals surface area (Å²) in [4.78, 5) is 30.6. The number of hydrogen-bond donors (Lipinski definition) is 2. The van der Waals surface area contributed by atoms with Crippen molar-refractivity contribution in [2.75, 3.05) is 25.5 Å². The molecule has 0 saturated carbocycles. The van der Waals surface area contributed by atoms with Gasteiger partial charge in [-0.05, 0) is 60.8 Å². The predicted molar refractivity (Wildman–Crippen MR) is 145 cm³/mol. The van der Waals surface area contributed by atoms with E-state index in [9.17, 15) is 9.59 Å². The van der Waals surface area contributed by atoms with Crippen LogP contribution >= 0.6 is 11.6 Å². The Bertz CT molecular complexity index is 1210. The van der Waals surface area contributed by atoms with Gasteiger partial charge in [-0.25, -0.2) is 4.79 Å². The van der Waals surface area contributed by atoms with E-state index in [-0.39, 0.29) is 18.0 Å². The largest absolute Gasteiger partial charge is 0.525 e. The van der Waals surface area contributed by atoms with Crippen molar-refractivity contribution in [1.29, 1.82) is 0 Å². The Balaban J connectivity index is 1.41. The number of carbonyl (C=O) groups excluding carboxylic acids is 1. The van der Waals surface area contributed by atoms with E-state index in [2.05, 4.69) is 10.2 Å². The molecule has 192 valence electrons. The second-order valence-corrected chi connectivity index (χ2v) is 9.41. The first-order chi connectivity index (χ1) is 17.9. The van der Waals surface area contributed by atoms with Crippen LogP contribution in [0.15, 0.2) is 91.0 Å². The molecule has 0 radical (unpaired) electrons. The van der Waals surface area contributed by atoms with Crippen molar-refractivity contribution in [3.63, 3.8) is 0 Å². The molecule has 2 N–H and O–H groups in total. The molecule has 4 rings (SSSR count). The lowest BCUT2D eigenvalue weighted by atomic mass is 9.98. The second-order valence-electron chi connectivity index (χ2n) is 8.97. The summed E-state index contributed by atoms with van der Waals surface area (Å²) in [6.45, 7) is 1.05. The Morgan fingerprint density at radius 1 is 1.00 bits per heavy atom. The lowest BCUT2D eigenvalue weighted by Gasteiger charge is -2.38. The maximum Gasteiger partial charge on any atom is 0.525 e. The maximum absolute atomic E-state index is 12.8. The Morgan fingerprint density at radius 3 is 2.19 bits per heavy atom. The summed E-state index contributed by atoms with van der Waals surface area (Å²) in [6.07, 6.45) is 3.71. The number of hydrogen-bond acceptors (Lipinski definition) is 5. The highest BCUT2D eigenvalue weighted by atomic mass is 35.5. The standard InChI is InChI=1S/C29H30ClN3O4/c1-32(26-17-19-33(20-18-26)37-29(35)36)27(23-5-3-2-4-6-23)15-16-28(34)31-25-13-9-22(10-14-25)21-7-11-24(30)12-8-21/h2-16,26-27H,17-20H2,1H3,(H,31,34)(H,35,36)/b16-15+. The number of carboxylic acid groups (broad SMARTS) is 1. The first-order valence-electron chi connectivity index (χ1n) is 12.2. The minimum absolute atomic E-state index is 0.115. The van der Waals surface area contributed by atoms with Crippen LogP contribution in [0, 0.1) is 0 Å². The number of nitrogens with one attached hydrogen (secondary N) is 1. The minimum atomic E-state index is -1.29. The summed E-state index contributed by atoms with van der Waals surface area (Å²) < 4.78 is 0. The van der Waals surface area contributed by atoms with Gasteiger partial charge in [0.25, 0.3) is 0 Å². The third-order valence-corrected chi connectivity index (χ3v) is 6.80. The van der Waals surface area contributed by atoms with Crippen LogP contribution in [0.1, 0.15) is 24.4 Å². The topological polar surface area (TPSA) is 82.1 Å². The number of nitrogens with zero attached hydrogens (tertiary/aromatic N) is 2. The van der Waals surface area contributed by atoms with Crippen molar-refractivity contribution in [3.05, 3.63) is 102 Å². The summed E-state index contributed by atoms with van der Waals surface area (Å²) in [5.74, 6) is -0.210. The molecule has 7 nitrogen and oxygen atoms in total. The molecule has 3 aromatic rings. The quantitative estimate of drug-likeness (QED) is 0.342. The first kappa shape index (κ1) is 26.4. The van der Waals surface area contributed by atoms with E-state index >= 15 is 0 Å². The van der Waals surface area contributed by atoms with Gasteiger partial charge in [0.15, 0.2) is 0 Å². The van der Waals surface area contributed by atoms with Gasteiger partial charge in [-0.1, -0.05) is 72.3 Å². The average Bonchev–Trinajstić information content (AvgIpc) is 2.90. The molecule has 1 heterocycles. The molecule has 37 heavy (non-hydrogen) atoms. The predicted octanol–water partition coefficient (Wildman–Crippen LogP) is 6.25. The van der Waals surface area contributed by atoms with E-state index in [1.165, 1.54) is 5.06 Å². The molecule has 1 unspecified atom stereocenters. The Hall–Kier alpha value is -3.65. The molecule has 8 heteroatoms. The fourth-order valence-corrected chi connectivity index (χ4v) is 4.69. The maximum atomic E-state index is 12.8. The van der Waals surface area contributed by atoms with Gasteiger partial charge in [0, 0.05) is 35.9 Å². The zero-order valence-electron chi connectivity index (χ0n) is 20.6. The van der Waals surface area contributed by atoms with Crippen LogP contribution in [0.5, 0.6) is 0 Å². The van der Waals surface area contributed by atoms with Gasteiger partial charge in [-0.3, -0.25) is 9.69 Å². The molecule has 1 aliphatic heterocycles. The fraction of sp³-hybridized carbons (Fsp3) is 0.241. The van der Waals surface area contributed by atoms with Gasteiger partial charge in [-0.15, -0.1) is 5.06 Å². The second kappa shape index (κ2) is 12.5. The Morgan fingerprint density at radius 2 is 1.59 bits per heavy atom. The highest BCUT2D eigenvalue weighted by Gasteiger charge is 2.28. The molecular formula is C29H30ClN3O4. The van der Waals surface area contributed by atoms with Gasteiger partial charge in [-0.2, -0.15) is 0 Å². The number of carbonyl (C=O) groups is 2. The molecule has 0 bridgehead atoms. The summed E-state index contributed by atoms with van der Waals surface area (Å²) in [6, 6.07) is 25.4.